The second-order valence-corrected chi connectivity index (χ2v) is 6.10. The molecule has 7 heteroatoms. The largest absolute Gasteiger partial charge is 0.342 e. The second kappa shape index (κ2) is 6.35. The summed E-state index contributed by atoms with van der Waals surface area (Å²) < 4.78 is 0. The summed E-state index contributed by atoms with van der Waals surface area (Å²) in [6, 6.07) is 5.83. The number of rotatable bonds is 5. The molecular weight excluding hydrogens is 308 g/mol. The molecule has 1 fully saturated rings. The first-order valence-corrected chi connectivity index (χ1v) is 7.81. The smallest absolute Gasteiger partial charge is 0.270 e. The molecule has 24 heavy (non-hydrogen) atoms. The molecule has 1 amide bonds. The summed E-state index contributed by atoms with van der Waals surface area (Å²) in [5.74, 6) is 0.571. The standard InChI is InChI=1S/C17H18N4O3/c1-10-3-6-13(21(23)24)9-14(10)17(22)20-15(12-4-5-12)16-18-8-7-11(2)19-16/h3,6-9,12,15H,4-5H2,1-2H3,(H,20,22)/t15-/m0/s1. The van der Waals surface area contributed by atoms with Crippen LogP contribution in [0.1, 0.15) is 46.3 Å². The number of hydrogen-bond acceptors (Lipinski definition) is 5. The summed E-state index contributed by atoms with van der Waals surface area (Å²) in [7, 11) is 0. The molecule has 1 aliphatic rings. The van der Waals surface area contributed by atoms with E-state index in [2.05, 4.69) is 15.3 Å². The van der Waals surface area contributed by atoms with Gasteiger partial charge in [-0.1, -0.05) is 6.07 Å². The second-order valence-electron chi connectivity index (χ2n) is 6.10. The number of nitrogens with zero attached hydrogens (tertiary/aromatic N) is 3. The van der Waals surface area contributed by atoms with Crippen LogP contribution in [0.3, 0.4) is 0 Å². The number of nitro groups is 1. The van der Waals surface area contributed by atoms with Crippen LogP contribution in [0.4, 0.5) is 5.69 Å². The Kier molecular flexibility index (Phi) is 4.24. The average Bonchev–Trinajstić information content (AvgIpc) is 3.37. The van der Waals surface area contributed by atoms with Gasteiger partial charge in [-0.05, 0) is 44.2 Å². The molecule has 1 aromatic carbocycles. The molecule has 0 bridgehead atoms. The van der Waals surface area contributed by atoms with Crippen molar-refractivity contribution in [2.45, 2.75) is 32.7 Å². The summed E-state index contributed by atoms with van der Waals surface area (Å²) in [6.45, 7) is 3.63. The summed E-state index contributed by atoms with van der Waals surface area (Å²) >= 11 is 0. The molecule has 3 rings (SSSR count). The zero-order chi connectivity index (χ0) is 17.3. The van der Waals surface area contributed by atoms with Crippen LogP contribution in [0.5, 0.6) is 0 Å². The molecule has 1 heterocycles. The predicted molar refractivity (Wildman–Crippen MR) is 87.5 cm³/mol. The maximum Gasteiger partial charge on any atom is 0.270 e. The maximum atomic E-state index is 12.7. The van der Waals surface area contributed by atoms with Crippen molar-refractivity contribution in [1.29, 1.82) is 0 Å². The third-order valence-electron chi connectivity index (χ3n) is 4.15. The van der Waals surface area contributed by atoms with Crippen LogP contribution >= 0.6 is 0 Å². The highest BCUT2D eigenvalue weighted by Crippen LogP contribution is 2.40. The third kappa shape index (κ3) is 3.40. The fourth-order valence-corrected chi connectivity index (χ4v) is 2.63. The molecular formula is C17H18N4O3. The Labute approximate surface area is 139 Å². The summed E-state index contributed by atoms with van der Waals surface area (Å²) in [5, 5.41) is 13.9. The van der Waals surface area contributed by atoms with Gasteiger partial charge >= 0.3 is 0 Å². The number of nitro benzene ring substituents is 1. The zero-order valence-electron chi connectivity index (χ0n) is 13.5. The molecule has 1 saturated carbocycles. The Hall–Kier alpha value is -2.83. The maximum absolute atomic E-state index is 12.7. The highest BCUT2D eigenvalue weighted by molar-refractivity contribution is 5.96. The van der Waals surface area contributed by atoms with Gasteiger partial charge in [0, 0.05) is 29.6 Å². The van der Waals surface area contributed by atoms with E-state index < -0.39 is 4.92 Å². The summed E-state index contributed by atoms with van der Waals surface area (Å²) in [6.07, 6.45) is 3.70. The number of hydrogen-bond donors (Lipinski definition) is 1. The summed E-state index contributed by atoms with van der Waals surface area (Å²) in [4.78, 5) is 31.8. The van der Waals surface area contributed by atoms with Gasteiger partial charge in [0.05, 0.1) is 11.0 Å². The molecule has 1 atom stereocenters. The van der Waals surface area contributed by atoms with Gasteiger partial charge in [-0.3, -0.25) is 14.9 Å². The van der Waals surface area contributed by atoms with E-state index in [9.17, 15) is 14.9 Å². The van der Waals surface area contributed by atoms with Gasteiger partial charge in [0.25, 0.3) is 11.6 Å². The van der Waals surface area contributed by atoms with Crippen LogP contribution in [0.15, 0.2) is 30.5 Å². The van der Waals surface area contributed by atoms with Crippen molar-refractivity contribution < 1.29 is 9.72 Å². The molecule has 2 aromatic rings. The molecule has 0 saturated heterocycles. The molecule has 0 radical (unpaired) electrons. The van der Waals surface area contributed by atoms with E-state index in [0.717, 1.165) is 18.5 Å². The number of carbonyl (C=O) groups excluding carboxylic acids is 1. The minimum absolute atomic E-state index is 0.0967. The van der Waals surface area contributed by atoms with E-state index in [1.807, 2.05) is 6.92 Å². The third-order valence-corrected chi connectivity index (χ3v) is 4.15. The van der Waals surface area contributed by atoms with E-state index in [1.165, 1.54) is 12.1 Å². The minimum atomic E-state index is -0.502. The van der Waals surface area contributed by atoms with Crippen LogP contribution in [0, 0.1) is 29.9 Å². The molecule has 7 nitrogen and oxygen atoms in total. The van der Waals surface area contributed by atoms with E-state index in [1.54, 1.807) is 25.3 Å². The van der Waals surface area contributed by atoms with Crippen molar-refractivity contribution in [2.24, 2.45) is 5.92 Å². The van der Waals surface area contributed by atoms with Crippen LogP contribution in [0.2, 0.25) is 0 Å². The predicted octanol–water partition coefficient (Wildman–Crippen LogP) is 2.88. The van der Waals surface area contributed by atoms with Gasteiger partial charge < -0.3 is 5.32 Å². The van der Waals surface area contributed by atoms with E-state index in [4.69, 9.17) is 0 Å². The number of carbonyl (C=O) groups is 1. The SMILES string of the molecule is Cc1ccnc([C@@H](NC(=O)c2cc([N+](=O)[O-])ccc2C)C2CC2)n1. The monoisotopic (exact) mass is 326 g/mol. The molecule has 1 N–H and O–H groups in total. The van der Waals surface area contributed by atoms with Gasteiger partial charge in [-0.2, -0.15) is 0 Å². The Morgan fingerprint density at radius 1 is 1.33 bits per heavy atom. The van der Waals surface area contributed by atoms with Crippen molar-refractivity contribution in [3.63, 3.8) is 0 Å². The lowest BCUT2D eigenvalue weighted by molar-refractivity contribution is -0.384. The topological polar surface area (TPSA) is 98.0 Å². The Bertz CT molecular complexity index is 802. The van der Waals surface area contributed by atoms with E-state index >= 15 is 0 Å². The lowest BCUT2D eigenvalue weighted by Gasteiger charge is -2.18. The number of non-ortho nitro benzene ring substituents is 1. The quantitative estimate of drug-likeness (QED) is 0.673. The Morgan fingerprint density at radius 2 is 2.08 bits per heavy atom. The van der Waals surface area contributed by atoms with Crippen molar-refractivity contribution in [1.82, 2.24) is 15.3 Å². The first kappa shape index (κ1) is 16.0. The first-order chi connectivity index (χ1) is 11.5. The van der Waals surface area contributed by atoms with Crippen LogP contribution in [-0.4, -0.2) is 20.8 Å². The number of amides is 1. The highest BCUT2D eigenvalue weighted by atomic mass is 16.6. The first-order valence-electron chi connectivity index (χ1n) is 7.81. The van der Waals surface area contributed by atoms with Crippen LogP contribution < -0.4 is 5.32 Å². The molecule has 0 unspecified atom stereocenters. The molecule has 0 spiro atoms. The number of benzene rings is 1. The van der Waals surface area contributed by atoms with Crippen LogP contribution in [-0.2, 0) is 0 Å². The van der Waals surface area contributed by atoms with Crippen molar-refractivity contribution >= 4 is 11.6 Å². The van der Waals surface area contributed by atoms with Crippen molar-refractivity contribution in [3.8, 4) is 0 Å². The van der Waals surface area contributed by atoms with Gasteiger partial charge in [0.1, 0.15) is 0 Å². The molecule has 1 aliphatic carbocycles. The molecule has 124 valence electrons. The average molecular weight is 326 g/mol. The molecule has 1 aromatic heterocycles. The fourth-order valence-electron chi connectivity index (χ4n) is 2.63. The molecule has 0 aliphatic heterocycles. The minimum Gasteiger partial charge on any atom is -0.342 e. The lowest BCUT2D eigenvalue weighted by atomic mass is 10.1. The van der Waals surface area contributed by atoms with Crippen LogP contribution in [0.25, 0.3) is 0 Å². The van der Waals surface area contributed by atoms with Gasteiger partial charge in [-0.25, -0.2) is 9.97 Å². The number of aryl methyl sites for hydroxylation is 2. The Balaban J connectivity index is 1.87. The fraction of sp³-hybridized carbons (Fsp3) is 0.353. The number of aromatic nitrogens is 2. The highest BCUT2D eigenvalue weighted by Gasteiger charge is 2.35. The van der Waals surface area contributed by atoms with Gasteiger partial charge in [-0.15, -0.1) is 0 Å². The zero-order valence-corrected chi connectivity index (χ0v) is 13.5. The number of nitrogens with one attached hydrogen (secondary N) is 1. The van der Waals surface area contributed by atoms with Crippen molar-refractivity contribution in [3.05, 3.63) is 63.2 Å². The van der Waals surface area contributed by atoms with Gasteiger partial charge in [0.2, 0.25) is 0 Å². The van der Waals surface area contributed by atoms with E-state index in [-0.39, 0.29) is 17.6 Å². The van der Waals surface area contributed by atoms with Gasteiger partial charge in [0.15, 0.2) is 5.82 Å². The Morgan fingerprint density at radius 3 is 2.71 bits per heavy atom. The summed E-state index contributed by atoms with van der Waals surface area (Å²) in [5.41, 5.74) is 1.74. The van der Waals surface area contributed by atoms with E-state index in [0.29, 0.717) is 22.9 Å². The normalized spacial score (nSPS) is 14.9. The lowest BCUT2D eigenvalue weighted by Crippen LogP contribution is -2.31. The van der Waals surface area contributed by atoms with Crippen molar-refractivity contribution in [2.75, 3.05) is 0 Å².